The molecule has 0 radical (unpaired) electrons. The van der Waals surface area contributed by atoms with E-state index < -0.39 is 0 Å². The van der Waals surface area contributed by atoms with Crippen LogP contribution in [0.4, 0.5) is 5.69 Å². The lowest BCUT2D eigenvalue weighted by Gasteiger charge is -2.36. The summed E-state index contributed by atoms with van der Waals surface area (Å²) in [4.78, 5) is 17.4. The number of piperazine rings is 1. The van der Waals surface area contributed by atoms with Crippen LogP contribution >= 0.6 is 11.6 Å². The number of ether oxygens (including phenoxy) is 1. The highest BCUT2D eigenvalue weighted by atomic mass is 35.5. The van der Waals surface area contributed by atoms with Crippen molar-refractivity contribution < 1.29 is 9.53 Å². The first kappa shape index (κ1) is 19.6. The van der Waals surface area contributed by atoms with Gasteiger partial charge in [0.25, 0.3) is 5.91 Å². The summed E-state index contributed by atoms with van der Waals surface area (Å²) in [6.07, 6.45) is 0. The van der Waals surface area contributed by atoms with Crippen molar-refractivity contribution >= 4 is 23.2 Å². The SMILES string of the molecule is COc1cc(C)c(C(=O)N2CCN(c3cccc(Cl)c3)CC2)cc1C(C)C. The molecule has 0 atom stereocenters. The van der Waals surface area contributed by atoms with Crippen LogP contribution in [0.2, 0.25) is 5.02 Å². The number of nitrogens with zero attached hydrogens (tertiary/aromatic N) is 2. The van der Waals surface area contributed by atoms with Crippen molar-refractivity contribution in [3.63, 3.8) is 0 Å². The van der Waals surface area contributed by atoms with E-state index in [2.05, 4.69) is 24.8 Å². The largest absolute Gasteiger partial charge is 0.496 e. The van der Waals surface area contributed by atoms with Gasteiger partial charge in [0.1, 0.15) is 5.75 Å². The average Bonchev–Trinajstić information content (AvgIpc) is 2.67. The fourth-order valence-corrected chi connectivity index (χ4v) is 3.75. The molecular weight excluding hydrogens is 360 g/mol. The molecule has 5 heteroatoms. The summed E-state index contributed by atoms with van der Waals surface area (Å²) in [6.45, 7) is 9.22. The van der Waals surface area contributed by atoms with Gasteiger partial charge in [-0.1, -0.05) is 31.5 Å². The van der Waals surface area contributed by atoms with Crippen LogP contribution in [0.1, 0.15) is 41.3 Å². The molecular formula is C22H27ClN2O2. The maximum absolute atomic E-state index is 13.1. The Balaban J connectivity index is 1.75. The van der Waals surface area contributed by atoms with E-state index >= 15 is 0 Å². The molecule has 2 aromatic carbocycles. The van der Waals surface area contributed by atoms with Crippen LogP contribution in [0, 0.1) is 6.92 Å². The summed E-state index contributed by atoms with van der Waals surface area (Å²) >= 11 is 6.10. The van der Waals surface area contributed by atoms with Gasteiger partial charge in [0.15, 0.2) is 0 Å². The summed E-state index contributed by atoms with van der Waals surface area (Å²) in [5.41, 5.74) is 3.91. The number of aryl methyl sites for hydroxylation is 1. The molecule has 0 unspecified atom stereocenters. The van der Waals surface area contributed by atoms with Crippen LogP contribution in [-0.2, 0) is 0 Å². The van der Waals surface area contributed by atoms with Gasteiger partial charge in [-0.15, -0.1) is 0 Å². The summed E-state index contributed by atoms with van der Waals surface area (Å²) in [5, 5.41) is 0.737. The van der Waals surface area contributed by atoms with E-state index in [9.17, 15) is 4.79 Å². The summed E-state index contributed by atoms with van der Waals surface area (Å²) in [7, 11) is 1.68. The number of hydrogen-bond acceptors (Lipinski definition) is 3. The lowest BCUT2D eigenvalue weighted by molar-refractivity contribution is 0.0746. The van der Waals surface area contributed by atoms with Gasteiger partial charge in [0.05, 0.1) is 7.11 Å². The van der Waals surface area contributed by atoms with Gasteiger partial charge in [-0.2, -0.15) is 0 Å². The monoisotopic (exact) mass is 386 g/mol. The van der Waals surface area contributed by atoms with Gasteiger partial charge in [-0.3, -0.25) is 4.79 Å². The molecule has 4 nitrogen and oxygen atoms in total. The molecule has 0 aromatic heterocycles. The Bertz CT molecular complexity index is 827. The van der Waals surface area contributed by atoms with Crippen LogP contribution in [0.25, 0.3) is 0 Å². The van der Waals surface area contributed by atoms with Crippen molar-refractivity contribution in [1.82, 2.24) is 4.90 Å². The fourth-order valence-electron chi connectivity index (χ4n) is 3.57. The van der Waals surface area contributed by atoms with Gasteiger partial charge in [0, 0.05) is 42.5 Å². The minimum atomic E-state index is 0.0998. The first-order chi connectivity index (χ1) is 12.9. The molecule has 1 aliphatic rings. The highest BCUT2D eigenvalue weighted by molar-refractivity contribution is 6.30. The van der Waals surface area contributed by atoms with Crippen LogP contribution in [-0.4, -0.2) is 44.1 Å². The number of methoxy groups -OCH3 is 1. The summed E-state index contributed by atoms with van der Waals surface area (Å²) in [5.74, 6) is 1.25. The second kappa shape index (κ2) is 8.22. The fraction of sp³-hybridized carbons (Fsp3) is 0.409. The number of rotatable bonds is 4. The van der Waals surface area contributed by atoms with Crippen molar-refractivity contribution in [3.05, 3.63) is 58.1 Å². The minimum Gasteiger partial charge on any atom is -0.496 e. The van der Waals surface area contributed by atoms with Crippen molar-refractivity contribution in [2.75, 3.05) is 38.2 Å². The van der Waals surface area contributed by atoms with Crippen LogP contribution in [0.5, 0.6) is 5.75 Å². The Morgan fingerprint density at radius 3 is 2.41 bits per heavy atom. The maximum atomic E-state index is 13.1. The third-order valence-electron chi connectivity index (χ3n) is 5.17. The van der Waals surface area contributed by atoms with Crippen molar-refractivity contribution in [2.24, 2.45) is 0 Å². The third-order valence-corrected chi connectivity index (χ3v) is 5.40. The molecule has 0 N–H and O–H groups in total. The Morgan fingerprint density at radius 1 is 1.11 bits per heavy atom. The molecule has 0 spiro atoms. The highest BCUT2D eigenvalue weighted by Crippen LogP contribution is 2.30. The summed E-state index contributed by atoms with van der Waals surface area (Å²) in [6, 6.07) is 11.9. The molecule has 1 aliphatic heterocycles. The molecule has 2 aromatic rings. The molecule has 1 heterocycles. The first-order valence-electron chi connectivity index (χ1n) is 9.39. The predicted octanol–water partition coefficient (Wildman–Crippen LogP) is 4.74. The number of benzene rings is 2. The van der Waals surface area contributed by atoms with Crippen LogP contribution in [0.3, 0.4) is 0 Å². The second-order valence-electron chi connectivity index (χ2n) is 7.32. The van der Waals surface area contributed by atoms with Gasteiger partial charge in [0.2, 0.25) is 0 Å². The van der Waals surface area contributed by atoms with E-state index in [0.29, 0.717) is 19.0 Å². The van der Waals surface area contributed by atoms with Crippen molar-refractivity contribution in [1.29, 1.82) is 0 Å². The molecule has 0 bridgehead atoms. The molecule has 1 amide bonds. The normalized spacial score (nSPS) is 14.6. The minimum absolute atomic E-state index is 0.0998. The standard InChI is InChI=1S/C22H27ClN2O2/c1-15(2)19-14-20(16(3)12-21(19)27-4)22(26)25-10-8-24(9-11-25)18-7-5-6-17(23)13-18/h5-7,12-15H,8-11H2,1-4H3. The quantitative estimate of drug-likeness (QED) is 0.760. The number of hydrogen-bond donors (Lipinski definition) is 0. The smallest absolute Gasteiger partial charge is 0.254 e. The van der Waals surface area contributed by atoms with E-state index in [1.165, 1.54) is 0 Å². The number of amides is 1. The van der Waals surface area contributed by atoms with E-state index in [-0.39, 0.29) is 5.91 Å². The predicted molar refractivity (Wildman–Crippen MR) is 111 cm³/mol. The first-order valence-corrected chi connectivity index (χ1v) is 9.77. The van der Waals surface area contributed by atoms with E-state index in [0.717, 1.165) is 46.2 Å². The molecule has 144 valence electrons. The Kier molecular flexibility index (Phi) is 5.95. The Morgan fingerprint density at radius 2 is 1.81 bits per heavy atom. The number of carbonyl (C=O) groups excluding carboxylic acids is 1. The topological polar surface area (TPSA) is 32.8 Å². The molecule has 0 saturated carbocycles. The third kappa shape index (κ3) is 4.22. The van der Waals surface area contributed by atoms with Crippen LogP contribution < -0.4 is 9.64 Å². The van der Waals surface area contributed by atoms with Gasteiger partial charge in [-0.05, 0) is 54.3 Å². The zero-order valence-corrected chi connectivity index (χ0v) is 17.2. The van der Waals surface area contributed by atoms with Crippen LogP contribution in [0.15, 0.2) is 36.4 Å². The van der Waals surface area contributed by atoms with E-state index in [1.807, 2.05) is 42.2 Å². The molecule has 27 heavy (non-hydrogen) atoms. The number of anilines is 1. The van der Waals surface area contributed by atoms with Crippen molar-refractivity contribution in [3.8, 4) is 5.75 Å². The number of carbonyl (C=O) groups is 1. The lowest BCUT2D eigenvalue weighted by Crippen LogP contribution is -2.49. The molecule has 1 fully saturated rings. The number of halogens is 1. The maximum Gasteiger partial charge on any atom is 0.254 e. The zero-order valence-electron chi connectivity index (χ0n) is 16.5. The highest BCUT2D eigenvalue weighted by Gasteiger charge is 2.25. The Labute approximate surface area is 166 Å². The molecule has 3 rings (SSSR count). The van der Waals surface area contributed by atoms with E-state index in [4.69, 9.17) is 16.3 Å². The Hall–Kier alpha value is -2.20. The molecule has 0 aliphatic carbocycles. The van der Waals surface area contributed by atoms with Gasteiger partial charge >= 0.3 is 0 Å². The average molecular weight is 387 g/mol. The van der Waals surface area contributed by atoms with E-state index in [1.54, 1.807) is 7.11 Å². The molecule has 1 saturated heterocycles. The van der Waals surface area contributed by atoms with Crippen molar-refractivity contribution in [2.45, 2.75) is 26.7 Å². The second-order valence-corrected chi connectivity index (χ2v) is 7.76. The van der Waals surface area contributed by atoms with Gasteiger partial charge in [-0.25, -0.2) is 0 Å². The van der Waals surface area contributed by atoms with Gasteiger partial charge < -0.3 is 14.5 Å². The zero-order chi connectivity index (χ0) is 19.6. The summed E-state index contributed by atoms with van der Waals surface area (Å²) < 4.78 is 5.50. The lowest BCUT2D eigenvalue weighted by atomic mass is 9.95.